The van der Waals surface area contributed by atoms with Crippen molar-refractivity contribution in [1.82, 2.24) is 0 Å². The first kappa shape index (κ1) is 12.1. The lowest BCUT2D eigenvalue weighted by Crippen LogP contribution is -2.31. The van der Waals surface area contributed by atoms with Crippen molar-refractivity contribution in [1.29, 1.82) is 5.26 Å². The molecule has 1 saturated heterocycles. The van der Waals surface area contributed by atoms with Crippen LogP contribution in [0.2, 0.25) is 0 Å². The Labute approximate surface area is 101 Å². The van der Waals surface area contributed by atoms with Crippen LogP contribution in [0.5, 0.6) is 0 Å². The quantitative estimate of drug-likeness (QED) is 0.757. The van der Waals surface area contributed by atoms with Gasteiger partial charge < -0.3 is 9.47 Å². The van der Waals surface area contributed by atoms with E-state index in [-0.39, 0.29) is 0 Å². The third kappa shape index (κ3) is 2.49. The molecule has 0 saturated carbocycles. The van der Waals surface area contributed by atoms with Gasteiger partial charge in [-0.3, -0.25) is 0 Å². The van der Waals surface area contributed by atoms with E-state index in [1.54, 1.807) is 0 Å². The van der Waals surface area contributed by atoms with Gasteiger partial charge >= 0.3 is 0 Å². The van der Waals surface area contributed by atoms with Gasteiger partial charge in [0.1, 0.15) is 6.79 Å². The molecule has 0 N–H and O–H groups in total. The lowest BCUT2D eigenvalue weighted by Gasteiger charge is -2.27. The van der Waals surface area contributed by atoms with E-state index in [1.165, 1.54) is 5.22 Å². The number of hydrogen-bond donors (Lipinski definition) is 0. The summed E-state index contributed by atoms with van der Waals surface area (Å²) in [4.78, 5) is 0. The van der Waals surface area contributed by atoms with Crippen LogP contribution in [-0.4, -0.2) is 19.5 Å². The van der Waals surface area contributed by atoms with Gasteiger partial charge in [-0.25, -0.2) is 0 Å². The van der Waals surface area contributed by atoms with Crippen LogP contribution < -0.4 is 0 Å². The summed E-state index contributed by atoms with van der Waals surface area (Å²) in [5.74, 6) is 0.610. The van der Waals surface area contributed by atoms with Crippen molar-refractivity contribution in [2.24, 2.45) is 5.92 Å². The fraction of sp³-hybridized carbons (Fsp3) is 0.500. The number of rotatable bonds is 1. The van der Waals surface area contributed by atoms with Gasteiger partial charge in [-0.05, 0) is 29.8 Å². The average Bonchev–Trinajstić information content (AvgIpc) is 2.34. The first-order chi connectivity index (χ1) is 8.26. The molecule has 1 fully saturated rings. The van der Waals surface area contributed by atoms with Gasteiger partial charge in [0, 0.05) is 5.92 Å². The molecule has 0 aromatic rings. The van der Waals surface area contributed by atoms with Crippen LogP contribution in [0.15, 0.2) is 18.2 Å². The van der Waals surface area contributed by atoms with Gasteiger partial charge in [-0.2, -0.15) is 5.26 Å². The van der Waals surface area contributed by atoms with Crippen molar-refractivity contribution < 1.29 is 9.47 Å². The Morgan fingerprint density at radius 1 is 1.47 bits per heavy atom. The Bertz CT molecular complexity index is 518. The molecule has 0 bridgehead atoms. The number of benzene rings is 1. The first-order valence-electron chi connectivity index (χ1n) is 6.00. The van der Waals surface area contributed by atoms with Crippen LogP contribution in [-0.2, 0) is 9.47 Å². The normalized spacial score (nSPS) is 24.3. The van der Waals surface area contributed by atoms with E-state index in [4.69, 9.17) is 14.7 Å². The number of nitriles is 1. The summed E-state index contributed by atoms with van der Waals surface area (Å²) < 4.78 is 10.4. The van der Waals surface area contributed by atoms with Crippen molar-refractivity contribution in [2.45, 2.75) is 26.4 Å². The van der Waals surface area contributed by atoms with Gasteiger partial charge in [0.15, 0.2) is 0 Å². The second-order valence-electron chi connectivity index (χ2n) is 4.40. The molecule has 1 aliphatic heterocycles. The maximum atomic E-state index is 8.32. The van der Waals surface area contributed by atoms with E-state index >= 15 is 0 Å². The number of nitrogens with zero attached hydrogens (tertiary/aromatic N) is 1. The Kier molecular flexibility index (Phi) is 3.78. The molecule has 17 heavy (non-hydrogen) atoms. The molecule has 3 heteroatoms. The standard InChI is InChI=1S/C7H3N.C7H14O2/c8-4-6-3-5-1-2-7(5)6;1-3-7-4-8-5-9-6(7)2/h1-3H;6-7H,3-5H2,1-2H3. The second kappa shape index (κ2) is 5.31. The van der Waals surface area contributed by atoms with Crippen LogP contribution in [0.4, 0.5) is 0 Å². The van der Waals surface area contributed by atoms with Gasteiger partial charge in [0.25, 0.3) is 0 Å². The number of hydrogen-bond acceptors (Lipinski definition) is 3. The highest BCUT2D eigenvalue weighted by Crippen LogP contribution is 2.16. The molecule has 0 aromatic heterocycles. The molecule has 1 heterocycles. The summed E-state index contributed by atoms with van der Waals surface area (Å²) >= 11 is 0. The van der Waals surface area contributed by atoms with Gasteiger partial charge in [0.05, 0.1) is 24.3 Å². The zero-order valence-corrected chi connectivity index (χ0v) is 10.3. The molecule has 2 atom stereocenters. The minimum Gasteiger partial charge on any atom is -0.355 e. The van der Waals surface area contributed by atoms with Gasteiger partial charge in [-0.1, -0.05) is 19.1 Å². The zero-order chi connectivity index (χ0) is 12.3. The summed E-state index contributed by atoms with van der Waals surface area (Å²) in [5.41, 5.74) is 0.836. The maximum absolute atomic E-state index is 8.32. The summed E-state index contributed by atoms with van der Waals surface area (Å²) in [6.45, 7) is 5.63. The van der Waals surface area contributed by atoms with Crippen LogP contribution in [0.1, 0.15) is 25.8 Å². The topological polar surface area (TPSA) is 42.2 Å². The van der Waals surface area contributed by atoms with Crippen LogP contribution >= 0.6 is 0 Å². The molecule has 3 aliphatic rings. The third-order valence-corrected chi connectivity index (χ3v) is 3.39. The van der Waals surface area contributed by atoms with E-state index in [0.717, 1.165) is 23.8 Å². The van der Waals surface area contributed by atoms with Crippen molar-refractivity contribution in [2.75, 3.05) is 13.4 Å². The van der Waals surface area contributed by atoms with Crippen molar-refractivity contribution in [3.8, 4) is 6.07 Å². The van der Waals surface area contributed by atoms with Crippen molar-refractivity contribution in [3.63, 3.8) is 0 Å². The van der Waals surface area contributed by atoms with E-state index in [1.807, 2.05) is 18.2 Å². The van der Waals surface area contributed by atoms with Crippen LogP contribution in [0.25, 0.3) is 0 Å². The Balaban J connectivity index is 0.000000127. The van der Waals surface area contributed by atoms with E-state index < -0.39 is 0 Å². The van der Waals surface area contributed by atoms with Gasteiger partial charge in [-0.15, -0.1) is 0 Å². The fourth-order valence-electron chi connectivity index (χ4n) is 1.96. The maximum Gasteiger partial charge on any atom is 0.147 e. The predicted octanol–water partition coefficient (Wildman–Crippen LogP) is 2.56. The van der Waals surface area contributed by atoms with Crippen LogP contribution in [0.3, 0.4) is 0 Å². The van der Waals surface area contributed by atoms with E-state index in [9.17, 15) is 0 Å². The molecular weight excluding hydrogens is 214 g/mol. The van der Waals surface area contributed by atoms with Crippen molar-refractivity contribution in [3.05, 3.63) is 34.2 Å². The highest BCUT2D eigenvalue weighted by atomic mass is 16.7. The summed E-state index contributed by atoms with van der Waals surface area (Å²) in [7, 11) is 0. The SMILES string of the molecule is CCC1COCOC1C.N#Cc1cc2ccc1=2. The third-order valence-electron chi connectivity index (χ3n) is 3.39. The minimum atomic E-state index is 0.392. The predicted molar refractivity (Wildman–Crippen MR) is 64.0 cm³/mol. The molecule has 90 valence electrons. The minimum absolute atomic E-state index is 0.392. The van der Waals surface area contributed by atoms with E-state index in [0.29, 0.717) is 18.8 Å². The molecule has 2 unspecified atom stereocenters. The Morgan fingerprint density at radius 2 is 2.29 bits per heavy atom. The van der Waals surface area contributed by atoms with Crippen LogP contribution in [0, 0.1) is 27.7 Å². The van der Waals surface area contributed by atoms with E-state index in [2.05, 4.69) is 19.9 Å². The van der Waals surface area contributed by atoms with Gasteiger partial charge in [0.2, 0.25) is 0 Å². The lowest BCUT2D eigenvalue weighted by atomic mass is 10.0. The highest BCUT2D eigenvalue weighted by molar-refractivity contribution is 5.41. The monoisotopic (exact) mass is 231 g/mol. The fourth-order valence-corrected chi connectivity index (χ4v) is 1.96. The Hall–Kier alpha value is -1.37. The molecule has 0 spiro atoms. The number of ether oxygens (including phenoxy) is 2. The molecule has 3 nitrogen and oxygen atoms in total. The summed E-state index contributed by atoms with van der Waals surface area (Å²) in [6, 6.07) is 7.96. The molecule has 3 rings (SSSR count). The smallest absolute Gasteiger partial charge is 0.147 e. The molecule has 0 radical (unpaired) electrons. The zero-order valence-electron chi connectivity index (χ0n) is 10.3. The summed E-state index contributed by atoms with van der Waals surface area (Å²) in [6.07, 6.45) is 1.55. The molecule has 2 aliphatic carbocycles. The Morgan fingerprint density at radius 3 is 2.59 bits per heavy atom. The first-order valence-corrected chi connectivity index (χ1v) is 6.00. The average molecular weight is 231 g/mol. The largest absolute Gasteiger partial charge is 0.355 e. The summed E-state index contributed by atoms with van der Waals surface area (Å²) in [5, 5.41) is 10.7. The lowest BCUT2D eigenvalue weighted by molar-refractivity contribution is -0.163. The highest BCUT2D eigenvalue weighted by Gasteiger charge is 2.19. The van der Waals surface area contributed by atoms with Crippen molar-refractivity contribution >= 4 is 0 Å². The second-order valence-corrected chi connectivity index (χ2v) is 4.40. The molecule has 0 aromatic carbocycles. The molecule has 0 amide bonds. The molecular formula is C14H17NO2.